The van der Waals surface area contributed by atoms with Crippen molar-refractivity contribution in [3.63, 3.8) is 0 Å². The minimum absolute atomic E-state index is 0.133. The standard InChI is InChI=1S/C11H11NO3.C6H5.Hg/c1-11(10(14)15)6-5-7-3-2-4-8(13)9(7)12-11;1-2-4-6-5-3-1;/h2-6,12-13H,1H3,(H,14,15);1-5H;/q;;+1/p-1. The molecular formula is C17H15HgNO3. The zero-order valence-electron chi connectivity index (χ0n) is 12.2. The second kappa shape index (κ2) is 6.12. The molecule has 3 rings (SSSR count). The molecule has 1 aliphatic rings. The molecule has 22 heavy (non-hydrogen) atoms. The number of hydrogen-bond donors (Lipinski definition) is 2. The van der Waals surface area contributed by atoms with E-state index in [2.05, 4.69) is 5.32 Å². The molecular weight excluding hydrogens is 467 g/mol. The van der Waals surface area contributed by atoms with E-state index in [0.29, 0.717) is 5.69 Å². The number of nitrogens with one attached hydrogen (secondary N) is 1. The molecule has 4 nitrogen and oxygen atoms in total. The van der Waals surface area contributed by atoms with Gasteiger partial charge in [0.2, 0.25) is 0 Å². The number of carbonyl (C=O) groups is 1. The van der Waals surface area contributed by atoms with Crippen molar-refractivity contribution < 1.29 is 37.6 Å². The molecule has 1 heterocycles. The topological polar surface area (TPSA) is 58.6 Å². The quantitative estimate of drug-likeness (QED) is 0.522. The Morgan fingerprint density at radius 2 is 1.95 bits per heavy atom. The van der Waals surface area contributed by atoms with E-state index < -0.39 is 30.6 Å². The summed E-state index contributed by atoms with van der Waals surface area (Å²) in [6.07, 6.45) is 3.63. The van der Waals surface area contributed by atoms with Crippen LogP contribution in [0.3, 0.4) is 0 Å². The van der Waals surface area contributed by atoms with Gasteiger partial charge >= 0.3 is 142 Å². The van der Waals surface area contributed by atoms with Gasteiger partial charge in [-0.1, -0.05) is 0 Å². The number of aromatic hydroxyl groups is 1. The first kappa shape index (κ1) is 15.1. The van der Waals surface area contributed by atoms with Crippen LogP contribution in [-0.4, -0.2) is 16.6 Å². The van der Waals surface area contributed by atoms with E-state index in [1.165, 1.54) is 0 Å². The van der Waals surface area contributed by atoms with Gasteiger partial charge in [-0.05, 0) is 0 Å². The van der Waals surface area contributed by atoms with Crippen LogP contribution in [-0.2, 0) is 32.5 Å². The Bertz CT molecular complexity index is 730. The van der Waals surface area contributed by atoms with Gasteiger partial charge in [0.15, 0.2) is 0 Å². The first-order valence-electron chi connectivity index (χ1n) is 7.09. The van der Waals surface area contributed by atoms with Crippen molar-refractivity contribution in [2.45, 2.75) is 12.5 Å². The van der Waals surface area contributed by atoms with Gasteiger partial charge in [-0.3, -0.25) is 0 Å². The Kier molecular flexibility index (Phi) is 4.20. The summed E-state index contributed by atoms with van der Waals surface area (Å²) in [7, 11) is 0. The predicted octanol–water partition coefficient (Wildman–Crippen LogP) is 2.46. The van der Waals surface area contributed by atoms with E-state index in [1.807, 2.05) is 42.5 Å². The van der Waals surface area contributed by atoms with Crippen molar-refractivity contribution in [1.82, 2.24) is 0 Å². The number of phenols is 1. The van der Waals surface area contributed by atoms with Crippen molar-refractivity contribution in [3.05, 3.63) is 60.2 Å². The van der Waals surface area contributed by atoms with Gasteiger partial charge in [0.1, 0.15) is 0 Å². The summed E-state index contributed by atoms with van der Waals surface area (Å²) in [6.45, 7) is 1.76. The summed E-state index contributed by atoms with van der Waals surface area (Å²) in [6, 6.07) is 15.1. The van der Waals surface area contributed by atoms with Gasteiger partial charge in [0.25, 0.3) is 0 Å². The fourth-order valence-electron chi connectivity index (χ4n) is 2.38. The van der Waals surface area contributed by atoms with E-state index in [0.717, 1.165) is 8.64 Å². The Hall–Kier alpha value is -1.81. The number of anilines is 1. The monoisotopic (exact) mass is 483 g/mol. The van der Waals surface area contributed by atoms with Crippen LogP contribution < -0.4 is 8.39 Å². The molecule has 2 aromatic carbocycles. The molecule has 0 saturated carbocycles. The van der Waals surface area contributed by atoms with Gasteiger partial charge in [-0.25, -0.2) is 0 Å². The molecule has 0 aromatic heterocycles. The zero-order chi connectivity index (χ0) is 15.6. The summed E-state index contributed by atoms with van der Waals surface area (Å²) >= 11 is -1.91. The van der Waals surface area contributed by atoms with Crippen LogP contribution in [0.25, 0.3) is 6.08 Å². The minimum atomic E-state index is -1.91. The number of para-hydroxylation sites is 1. The van der Waals surface area contributed by atoms with Crippen molar-refractivity contribution in [3.8, 4) is 5.75 Å². The Balaban J connectivity index is 1.74. The number of carbonyl (C=O) groups excluding carboxylic acids is 1. The normalized spacial score (nSPS) is 18.8. The van der Waals surface area contributed by atoms with Crippen molar-refractivity contribution >= 4 is 20.8 Å². The third-order valence-electron chi connectivity index (χ3n) is 3.69. The molecule has 2 N–H and O–H groups in total. The number of benzene rings is 2. The van der Waals surface area contributed by atoms with Crippen molar-refractivity contribution in [1.29, 1.82) is 0 Å². The third-order valence-corrected chi connectivity index (χ3v) is 8.40. The summed E-state index contributed by atoms with van der Waals surface area (Å²) in [5, 5.41) is 13.0. The molecule has 0 bridgehead atoms. The molecule has 2 aromatic rings. The van der Waals surface area contributed by atoms with Gasteiger partial charge < -0.3 is 0 Å². The summed E-state index contributed by atoms with van der Waals surface area (Å²) in [4.78, 5) is 12.5. The second-order valence-corrected chi connectivity index (χ2v) is 10.9. The summed E-state index contributed by atoms with van der Waals surface area (Å²) < 4.78 is 6.77. The van der Waals surface area contributed by atoms with E-state index in [1.54, 1.807) is 25.1 Å². The molecule has 0 aliphatic carbocycles. The van der Waals surface area contributed by atoms with Crippen LogP contribution in [0.4, 0.5) is 5.69 Å². The first-order chi connectivity index (χ1) is 10.6. The van der Waals surface area contributed by atoms with Crippen molar-refractivity contribution in [2.75, 3.05) is 5.32 Å². The fraction of sp³-hybridized carbons (Fsp3) is 0.118. The Morgan fingerprint density at radius 3 is 2.73 bits per heavy atom. The molecule has 1 aliphatic heterocycles. The van der Waals surface area contributed by atoms with Crippen LogP contribution >= 0.6 is 0 Å². The summed E-state index contributed by atoms with van der Waals surface area (Å²) in [5.74, 6) is -0.156. The molecule has 0 amide bonds. The molecule has 0 spiro atoms. The maximum absolute atomic E-state index is 12.5. The molecule has 5 heteroatoms. The fourth-order valence-corrected chi connectivity index (χ4v) is 6.51. The number of hydrogen-bond acceptors (Lipinski definition) is 4. The number of fused-ring (bicyclic) bond motifs is 1. The van der Waals surface area contributed by atoms with Crippen LogP contribution in [0.2, 0.25) is 0 Å². The molecule has 1 unspecified atom stereocenters. The first-order valence-corrected chi connectivity index (χ1v) is 12.1. The van der Waals surface area contributed by atoms with Crippen LogP contribution in [0.5, 0.6) is 5.75 Å². The average Bonchev–Trinajstić information content (AvgIpc) is 2.54. The molecule has 0 radical (unpaired) electrons. The van der Waals surface area contributed by atoms with E-state index in [9.17, 15) is 9.90 Å². The zero-order valence-corrected chi connectivity index (χ0v) is 17.7. The Morgan fingerprint density at radius 1 is 1.18 bits per heavy atom. The average molecular weight is 482 g/mol. The molecule has 1 atom stereocenters. The maximum atomic E-state index is 12.5. The number of rotatable bonds is 3. The van der Waals surface area contributed by atoms with Gasteiger partial charge in [-0.2, -0.15) is 0 Å². The van der Waals surface area contributed by atoms with Gasteiger partial charge in [0.05, 0.1) is 0 Å². The second-order valence-electron chi connectivity index (χ2n) is 5.46. The SMILES string of the molecule is CC1(C(=O)[O][Hg][c]2ccccc2)C=Cc2cccc(O)c2N1. The predicted molar refractivity (Wildman–Crippen MR) is 81.3 cm³/mol. The summed E-state index contributed by atoms with van der Waals surface area (Å²) in [5.41, 5.74) is 0.486. The third kappa shape index (κ3) is 3.02. The van der Waals surface area contributed by atoms with Crippen LogP contribution in [0, 0.1) is 0 Å². The number of phenolic OH excluding ortho intramolecular Hbond substituents is 1. The molecule has 0 fully saturated rings. The van der Waals surface area contributed by atoms with Gasteiger partial charge in [-0.15, -0.1) is 0 Å². The van der Waals surface area contributed by atoms with Crippen LogP contribution in [0.15, 0.2) is 54.6 Å². The molecule has 108 valence electrons. The van der Waals surface area contributed by atoms with Crippen molar-refractivity contribution in [2.24, 2.45) is 0 Å². The van der Waals surface area contributed by atoms with E-state index in [4.69, 9.17) is 2.64 Å². The molecule has 0 saturated heterocycles. The van der Waals surface area contributed by atoms with E-state index >= 15 is 0 Å². The van der Waals surface area contributed by atoms with Gasteiger partial charge in [0, 0.05) is 0 Å². The van der Waals surface area contributed by atoms with Crippen LogP contribution in [0.1, 0.15) is 12.5 Å². The van der Waals surface area contributed by atoms with E-state index in [-0.39, 0.29) is 11.7 Å². The Labute approximate surface area is 141 Å².